The number of hydrogen-bond acceptors (Lipinski definition) is 7. The first-order valence-corrected chi connectivity index (χ1v) is 8.73. The lowest BCUT2D eigenvalue weighted by Crippen LogP contribution is -2.54. The van der Waals surface area contributed by atoms with Crippen LogP contribution in [-0.4, -0.2) is 51.1 Å². The van der Waals surface area contributed by atoms with Crippen molar-refractivity contribution in [1.29, 1.82) is 0 Å². The van der Waals surface area contributed by atoms with E-state index in [4.69, 9.17) is 19.9 Å². The van der Waals surface area contributed by atoms with Crippen LogP contribution in [0, 0.1) is 0 Å². The van der Waals surface area contributed by atoms with Crippen LogP contribution in [0.15, 0.2) is 43.0 Å². The number of ether oxygens (including phenoxy) is 3. The Hall–Kier alpha value is -2.62. The molecule has 2 aliphatic rings. The summed E-state index contributed by atoms with van der Waals surface area (Å²) in [5.74, 6) is 0.259. The maximum atomic E-state index is 15.5. The second-order valence-electron chi connectivity index (χ2n) is 6.64. The van der Waals surface area contributed by atoms with Gasteiger partial charge in [-0.3, -0.25) is 0 Å². The zero-order valence-corrected chi connectivity index (χ0v) is 14.3. The van der Waals surface area contributed by atoms with E-state index in [2.05, 4.69) is 15.0 Å². The summed E-state index contributed by atoms with van der Waals surface area (Å²) in [5.41, 5.74) is 7.60. The summed E-state index contributed by atoms with van der Waals surface area (Å²) < 4.78 is 34.6. The van der Waals surface area contributed by atoms with Crippen LogP contribution in [0.5, 0.6) is 0 Å². The number of nitrogens with two attached hydrogens (primary N) is 1. The Morgan fingerprint density at radius 3 is 2.78 bits per heavy atom. The SMILES string of the molecule is Nc1ncnc2c1ncn2C1COC2COC(c3ccccc3)OC2C1F. The van der Waals surface area contributed by atoms with Gasteiger partial charge in [0.25, 0.3) is 0 Å². The summed E-state index contributed by atoms with van der Waals surface area (Å²) in [4.78, 5) is 12.3. The average Bonchev–Trinajstić information content (AvgIpc) is 3.14. The van der Waals surface area contributed by atoms with E-state index in [0.717, 1.165) is 5.56 Å². The van der Waals surface area contributed by atoms with Crippen LogP contribution in [0.25, 0.3) is 11.2 Å². The largest absolute Gasteiger partial charge is 0.382 e. The molecule has 5 rings (SSSR count). The number of imidazole rings is 1. The molecule has 0 spiro atoms. The molecule has 0 saturated carbocycles. The molecule has 4 heterocycles. The van der Waals surface area contributed by atoms with Gasteiger partial charge in [-0.1, -0.05) is 30.3 Å². The fraction of sp³-hybridized carbons (Fsp3) is 0.389. The third kappa shape index (κ3) is 2.75. The van der Waals surface area contributed by atoms with Crippen LogP contribution in [-0.2, 0) is 14.2 Å². The Bertz CT molecular complexity index is 953. The maximum absolute atomic E-state index is 15.5. The molecular weight excluding hydrogens is 353 g/mol. The third-order valence-electron chi connectivity index (χ3n) is 5.04. The van der Waals surface area contributed by atoms with Crippen molar-refractivity contribution in [2.45, 2.75) is 30.7 Å². The number of halogens is 1. The van der Waals surface area contributed by atoms with Crippen LogP contribution in [0.3, 0.4) is 0 Å². The molecule has 2 saturated heterocycles. The topological polar surface area (TPSA) is 97.3 Å². The summed E-state index contributed by atoms with van der Waals surface area (Å²) in [6.45, 7) is 0.442. The van der Waals surface area contributed by atoms with Crippen molar-refractivity contribution < 1.29 is 18.6 Å². The predicted octanol–water partition coefficient (Wildman–Crippen LogP) is 1.80. The van der Waals surface area contributed by atoms with E-state index in [9.17, 15) is 0 Å². The molecule has 9 heteroatoms. The monoisotopic (exact) mass is 371 g/mol. The molecule has 8 nitrogen and oxygen atoms in total. The van der Waals surface area contributed by atoms with Crippen LogP contribution in [0.2, 0.25) is 0 Å². The quantitative estimate of drug-likeness (QED) is 0.733. The van der Waals surface area contributed by atoms with Gasteiger partial charge in [-0.25, -0.2) is 19.3 Å². The number of aromatic nitrogens is 4. The zero-order chi connectivity index (χ0) is 18.4. The second-order valence-corrected chi connectivity index (χ2v) is 6.64. The number of alkyl halides is 1. The van der Waals surface area contributed by atoms with E-state index in [-0.39, 0.29) is 19.0 Å². The fourth-order valence-electron chi connectivity index (χ4n) is 3.63. The van der Waals surface area contributed by atoms with Gasteiger partial charge < -0.3 is 24.5 Å². The van der Waals surface area contributed by atoms with Crippen molar-refractivity contribution in [3.63, 3.8) is 0 Å². The third-order valence-corrected chi connectivity index (χ3v) is 5.04. The Balaban J connectivity index is 1.43. The van der Waals surface area contributed by atoms with Gasteiger partial charge in [0.15, 0.2) is 23.9 Å². The van der Waals surface area contributed by atoms with Crippen molar-refractivity contribution in [3.8, 4) is 0 Å². The number of rotatable bonds is 2. The van der Waals surface area contributed by atoms with Crippen LogP contribution >= 0.6 is 0 Å². The molecule has 5 unspecified atom stereocenters. The van der Waals surface area contributed by atoms with E-state index in [0.29, 0.717) is 11.2 Å². The lowest BCUT2D eigenvalue weighted by atomic mass is 9.98. The zero-order valence-electron chi connectivity index (χ0n) is 14.3. The minimum atomic E-state index is -1.31. The number of nitrogens with zero attached hydrogens (tertiary/aromatic N) is 4. The highest BCUT2D eigenvalue weighted by Crippen LogP contribution is 2.37. The van der Waals surface area contributed by atoms with Gasteiger partial charge in [-0.05, 0) is 0 Å². The Labute approximate surface area is 154 Å². The van der Waals surface area contributed by atoms with Crippen molar-refractivity contribution >= 4 is 17.0 Å². The number of anilines is 1. The summed E-state index contributed by atoms with van der Waals surface area (Å²) in [6, 6.07) is 8.85. The van der Waals surface area contributed by atoms with E-state index < -0.39 is 30.7 Å². The molecule has 2 N–H and O–H groups in total. The molecule has 1 aromatic carbocycles. The first-order valence-electron chi connectivity index (χ1n) is 8.73. The molecule has 2 fully saturated rings. The van der Waals surface area contributed by atoms with E-state index >= 15 is 4.39 Å². The molecule has 0 aliphatic carbocycles. The number of hydrogen-bond donors (Lipinski definition) is 1. The van der Waals surface area contributed by atoms with Gasteiger partial charge in [0.05, 0.1) is 25.6 Å². The minimum absolute atomic E-state index is 0.167. The number of nitrogen functional groups attached to an aromatic ring is 1. The molecule has 0 radical (unpaired) electrons. The van der Waals surface area contributed by atoms with E-state index in [1.54, 1.807) is 4.57 Å². The van der Waals surface area contributed by atoms with Gasteiger partial charge in [-0.2, -0.15) is 0 Å². The van der Waals surface area contributed by atoms with Gasteiger partial charge in [0.2, 0.25) is 0 Å². The Morgan fingerprint density at radius 1 is 1.07 bits per heavy atom. The molecule has 2 aromatic heterocycles. The molecule has 140 valence electrons. The van der Waals surface area contributed by atoms with Crippen LogP contribution in [0.4, 0.5) is 10.2 Å². The van der Waals surface area contributed by atoms with Crippen molar-refractivity contribution in [3.05, 3.63) is 48.5 Å². The lowest BCUT2D eigenvalue weighted by Gasteiger charge is -2.44. The minimum Gasteiger partial charge on any atom is -0.382 e. The van der Waals surface area contributed by atoms with E-state index in [1.165, 1.54) is 12.7 Å². The number of benzene rings is 1. The highest BCUT2D eigenvalue weighted by atomic mass is 19.1. The molecule has 5 atom stereocenters. The van der Waals surface area contributed by atoms with Gasteiger partial charge in [-0.15, -0.1) is 0 Å². The molecule has 3 aromatic rings. The smallest absolute Gasteiger partial charge is 0.184 e. The van der Waals surface area contributed by atoms with Gasteiger partial charge >= 0.3 is 0 Å². The molecule has 0 bridgehead atoms. The normalized spacial score (nSPS) is 30.9. The molecule has 27 heavy (non-hydrogen) atoms. The average molecular weight is 371 g/mol. The summed E-state index contributed by atoms with van der Waals surface area (Å²) in [7, 11) is 0. The first-order chi connectivity index (χ1) is 13.2. The highest BCUT2D eigenvalue weighted by molar-refractivity contribution is 5.81. The standard InChI is InChI=1S/C18H18FN5O3/c19-13-11(24-9-23-14-16(20)21-8-22-17(14)24)6-25-12-7-26-18(27-15(12)13)10-4-2-1-3-5-10/h1-5,8-9,11-13,15,18H,6-7H2,(H2,20,21,22). The molecular formula is C18H18FN5O3. The van der Waals surface area contributed by atoms with Crippen molar-refractivity contribution in [2.24, 2.45) is 0 Å². The summed E-state index contributed by atoms with van der Waals surface area (Å²) >= 11 is 0. The second kappa shape index (κ2) is 6.52. The highest BCUT2D eigenvalue weighted by Gasteiger charge is 2.47. The molecule has 0 amide bonds. The van der Waals surface area contributed by atoms with E-state index in [1.807, 2.05) is 30.3 Å². The summed E-state index contributed by atoms with van der Waals surface area (Å²) in [6.07, 6.45) is -0.278. The van der Waals surface area contributed by atoms with Gasteiger partial charge in [0.1, 0.15) is 24.1 Å². The van der Waals surface area contributed by atoms with Crippen LogP contribution in [0.1, 0.15) is 17.9 Å². The number of fused-ring (bicyclic) bond motifs is 2. The van der Waals surface area contributed by atoms with Gasteiger partial charge in [0, 0.05) is 5.56 Å². The van der Waals surface area contributed by atoms with Crippen molar-refractivity contribution in [2.75, 3.05) is 18.9 Å². The summed E-state index contributed by atoms with van der Waals surface area (Å²) in [5, 5.41) is 0. The first kappa shape index (κ1) is 16.5. The predicted molar refractivity (Wildman–Crippen MR) is 93.4 cm³/mol. The Morgan fingerprint density at radius 2 is 1.93 bits per heavy atom. The lowest BCUT2D eigenvalue weighted by molar-refractivity contribution is -0.298. The van der Waals surface area contributed by atoms with Crippen molar-refractivity contribution in [1.82, 2.24) is 19.5 Å². The molecule has 2 aliphatic heterocycles. The fourth-order valence-corrected chi connectivity index (χ4v) is 3.63. The maximum Gasteiger partial charge on any atom is 0.184 e. The Kier molecular flexibility index (Phi) is 4.00. The van der Waals surface area contributed by atoms with Crippen LogP contribution < -0.4 is 5.73 Å².